The summed E-state index contributed by atoms with van der Waals surface area (Å²) < 4.78 is 5.13. The minimum atomic E-state index is 0.0486. The van der Waals surface area contributed by atoms with Gasteiger partial charge in [0, 0.05) is 13.6 Å². The molecule has 1 aliphatic heterocycles. The molecule has 3 heteroatoms. The fourth-order valence-electron chi connectivity index (χ4n) is 1.64. The zero-order chi connectivity index (χ0) is 9.42. The van der Waals surface area contributed by atoms with Gasteiger partial charge in [0.25, 0.3) is 5.91 Å². The third-order valence-corrected chi connectivity index (χ3v) is 2.30. The highest BCUT2D eigenvalue weighted by Crippen LogP contribution is 2.29. The third kappa shape index (κ3) is 1.08. The van der Waals surface area contributed by atoms with Crippen LogP contribution in [0.5, 0.6) is 5.75 Å². The maximum absolute atomic E-state index is 11.6. The molecule has 1 aromatic rings. The molecule has 0 radical (unpaired) electrons. The van der Waals surface area contributed by atoms with Crippen LogP contribution in [0.1, 0.15) is 15.9 Å². The number of amides is 1. The fraction of sp³-hybridized carbons (Fsp3) is 0.300. The molecule has 0 fully saturated rings. The summed E-state index contributed by atoms with van der Waals surface area (Å²) >= 11 is 0. The molecule has 0 N–H and O–H groups in total. The number of carbonyl (C=O) groups is 1. The molecule has 13 heavy (non-hydrogen) atoms. The van der Waals surface area contributed by atoms with Crippen LogP contribution in [-0.4, -0.2) is 25.0 Å². The maximum atomic E-state index is 11.6. The monoisotopic (exact) mass is 177 g/mol. The predicted molar refractivity (Wildman–Crippen MR) is 48.8 cm³/mol. The highest BCUT2D eigenvalue weighted by atomic mass is 16.5. The number of rotatable bonds is 1. The second-order valence-corrected chi connectivity index (χ2v) is 3.16. The maximum Gasteiger partial charge on any atom is 0.258 e. The molecule has 3 nitrogen and oxygen atoms in total. The van der Waals surface area contributed by atoms with Gasteiger partial charge in [0.2, 0.25) is 0 Å². The summed E-state index contributed by atoms with van der Waals surface area (Å²) in [4.78, 5) is 13.3. The second-order valence-electron chi connectivity index (χ2n) is 3.16. The van der Waals surface area contributed by atoms with Gasteiger partial charge >= 0.3 is 0 Å². The van der Waals surface area contributed by atoms with Crippen LogP contribution in [0.4, 0.5) is 0 Å². The molecule has 0 aliphatic carbocycles. The SMILES string of the molecule is COc1cccc2c1C(=O)N(C)C2. The van der Waals surface area contributed by atoms with E-state index in [4.69, 9.17) is 4.74 Å². The van der Waals surface area contributed by atoms with E-state index in [0.717, 1.165) is 5.56 Å². The first-order valence-electron chi connectivity index (χ1n) is 4.15. The Morgan fingerprint density at radius 2 is 2.23 bits per heavy atom. The summed E-state index contributed by atoms with van der Waals surface area (Å²) in [6.45, 7) is 0.686. The molecule has 0 spiro atoms. The zero-order valence-electron chi connectivity index (χ0n) is 7.70. The Kier molecular flexibility index (Phi) is 1.72. The quantitative estimate of drug-likeness (QED) is 0.646. The third-order valence-electron chi connectivity index (χ3n) is 2.30. The second kappa shape index (κ2) is 2.76. The first kappa shape index (κ1) is 8.10. The molecule has 1 aromatic carbocycles. The molecule has 0 saturated carbocycles. The van der Waals surface area contributed by atoms with Crippen LogP contribution >= 0.6 is 0 Å². The van der Waals surface area contributed by atoms with Crippen LogP contribution in [0, 0.1) is 0 Å². The first-order chi connectivity index (χ1) is 6.24. The van der Waals surface area contributed by atoms with Crippen molar-refractivity contribution in [3.8, 4) is 5.75 Å². The molecule has 2 rings (SSSR count). The standard InChI is InChI=1S/C10H11NO2/c1-11-6-7-4-3-5-8(13-2)9(7)10(11)12/h3-5H,6H2,1-2H3. The van der Waals surface area contributed by atoms with Crippen LogP contribution < -0.4 is 4.74 Å². The lowest BCUT2D eigenvalue weighted by molar-refractivity contribution is 0.0814. The number of carbonyl (C=O) groups excluding carboxylic acids is 1. The van der Waals surface area contributed by atoms with E-state index in [9.17, 15) is 4.79 Å². The van der Waals surface area contributed by atoms with Gasteiger partial charge in [-0.15, -0.1) is 0 Å². The van der Waals surface area contributed by atoms with E-state index >= 15 is 0 Å². The number of hydrogen-bond acceptors (Lipinski definition) is 2. The molecule has 1 aliphatic rings. The normalized spacial score (nSPS) is 14.6. The average Bonchev–Trinajstić information content (AvgIpc) is 2.43. The van der Waals surface area contributed by atoms with Crippen molar-refractivity contribution >= 4 is 5.91 Å². The van der Waals surface area contributed by atoms with E-state index in [2.05, 4.69) is 0 Å². The molecular formula is C10H11NO2. The largest absolute Gasteiger partial charge is 0.496 e. The van der Waals surface area contributed by atoms with Crippen LogP contribution in [0.15, 0.2) is 18.2 Å². The molecule has 0 aromatic heterocycles. The molecule has 0 bridgehead atoms. The number of ether oxygens (including phenoxy) is 1. The van der Waals surface area contributed by atoms with Crippen LogP contribution in [0.25, 0.3) is 0 Å². The van der Waals surface area contributed by atoms with E-state index in [1.165, 1.54) is 0 Å². The van der Waals surface area contributed by atoms with E-state index in [1.54, 1.807) is 19.1 Å². The number of fused-ring (bicyclic) bond motifs is 1. The van der Waals surface area contributed by atoms with Gasteiger partial charge in [0.1, 0.15) is 5.75 Å². The highest BCUT2D eigenvalue weighted by molar-refractivity contribution is 6.00. The van der Waals surface area contributed by atoms with E-state index in [1.807, 2.05) is 18.2 Å². The lowest BCUT2D eigenvalue weighted by atomic mass is 10.1. The summed E-state index contributed by atoms with van der Waals surface area (Å²) in [7, 11) is 3.38. The van der Waals surface area contributed by atoms with Crippen molar-refractivity contribution in [2.24, 2.45) is 0 Å². The van der Waals surface area contributed by atoms with Gasteiger partial charge in [-0.05, 0) is 11.6 Å². The van der Waals surface area contributed by atoms with E-state index in [-0.39, 0.29) is 5.91 Å². The van der Waals surface area contributed by atoms with Crippen molar-refractivity contribution in [3.05, 3.63) is 29.3 Å². The Bertz CT molecular complexity index is 360. The number of methoxy groups -OCH3 is 1. The van der Waals surface area contributed by atoms with Crippen LogP contribution in [0.2, 0.25) is 0 Å². The smallest absolute Gasteiger partial charge is 0.258 e. The summed E-state index contributed by atoms with van der Waals surface area (Å²) in [6, 6.07) is 5.68. The van der Waals surface area contributed by atoms with Crippen molar-refractivity contribution < 1.29 is 9.53 Å². The van der Waals surface area contributed by atoms with Crippen LogP contribution in [0.3, 0.4) is 0 Å². The van der Waals surface area contributed by atoms with Crippen molar-refractivity contribution in [1.29, 1.82) is 0 Å². The molecular weight excluding hydrogens is 166 g/mol. The molecule has 0 saturated heterocycles. The Morgan fingerprint density at radius 3 is 2.92 bits per heavy atom. The van der Waals surface area contributed by atoms with E-state index in [0.29, 0.717) is 17.9 Å². The summed E-state index contributed by atoms with van der Waals surface area (Å²) in [5.74, 6) is 0.722. The van der Waals surface area contributed by atoms with E-state index < -0.39 is 0 Å². The highest BCUT2D eigenvalue weighted by Gasteiger charge is 2.27. The van der Waals surface area contributed by atoms with Gasteiger partial charge in [-0.1, -0.05) is 12.1 Å². The molecule has 0 unspecified atom stereocenters. The average molecular weight is 177 g/mol. The van der Waals surface area contributed by atoms with Crippen molar-refractivity contribution in [1.82, 2.24) is 4.90 Å². The number of benzene rings is 1. The first-order valence-corrected chi connectivity index (χ1v) is 4.15. The fourth-order valence-corrected chi connectivity index (χ4v) is 1.64. The van der Waals surface area contributed by atoms with Gasteiger partial charge in [0.05, 0.1) is 12.7 Å². The Morgan fingerprint density at radius 1 is 1.46 bits per heavy atom. The molecule has 0 atom stereocenters. The summed E-state index contributed by atoms with van der Waals surface area (Å²) in [5.41, 5.74) is 1.76. The summed E-state index contributed by atoms with van der Waals surface area (Å²) in [6.07, 6.45) is 0. The van der Waals surface area contributed by atoms with Gasteiger partial charge in [-0.2, -0.15) is 0 Å². The Labute approximate surface area is 76.9 Å². The zero-order valence-corrected chi connectivity index (χ0v) is 7.70. The van der Waals surface area contributed by atoms with Gasteiger partial charge < -0.3 is 9.64 Å². The van der Waals surface area contributed by atoms with Crippen molar-refractivity contribution in [3.63, 3.8) is 0 Å². The van der Waals surface area contributed by atoms with Crippen LogP contribution in [-0.2, 0) is 6.54 Å². The summed E-state index contributed by atoms with van der Waals surface area (Å²) in [5, 5.41) is 0. The predicted octanol–water partition coefficient (Wildman–Crippen LogP) is 1.28. The topological polar surface area (TPSA) is 29.5 Å². The lowest BCUT2D eigenvalue weighted by Crippen LogP contribution is -2.17. The molecule has 1 heterocycles. The molecule has 68 valence electrons. The Balaban J connectivity index is 2.58. The van der Waals surface area contributed by atoms with Crippen molar-refractivity contribution in [2.75, 3.05) is 14.2 Å². The van der Waals surface area contributed by atoms with Gasteiger partial charge in [-0.3, -0.25) is 4.79 Å². The van der Waals surface area contributed by atoms with Gasteiger partial charge in [-0.25, -0.2) is 0 Å². The Hall–Kier alpha value is -1.51. The lowest BCUT2D eigenvalue weighted by Gasteiger charge is -2.06. The van der Waals surface area contributed by atoms with Gasteiger partial charge in [0.15, 0.2) is 0 Å². The number of hydrogen-bond donors (Lipinski definition) is 0. The minimum Gasteiger partial charge on any atom is -0.496 e. The number of nitrogens with zero attached hydrogens (tertiary/aromatic N) is 1. The van der Waals surface area contributed by atoms with Crippen molar-refractivity contribution in [2.45, 2.75) is 6.54 Å². The molecule has 1 amide bonds. The minimum absolute atomic E-state index is 0.0486.